The van der Waals surface area contributed by atoms with Gasteiger partial charge in [0.15, 0.2) is 0 Å². The first-order valence-electron chi connectivity index (χ1n) is 20.5. The fourth-order valence-electron chi connectivity index (χ4n) is 7.56. The molecule has 0 saturated carbocycles. The molecule has 1 heterocycles. The lowest BCUT2D eigenvalue weighted by atomic mass is 9.84. The zero-order valence-corrected chi connectivity index (χ0v) is 37.4. The van der Waals surface area contributed by atoms with E-state index in [9.17, 15) is 19.5 Å². The van der Waals surface area contributed by atoms with Crippen molar-refractivity contribution in [2.24, 2.45) is 5.41 Å². The monoisotopic (exact) mass is 852 g/mol. The first kappa shape index (κ1) is 46.3. The summed E-state index contributed by atoms with van der Waals surface area (Å²) in [5.41, 5.74) is 3.72. The first-order valence-corrected chi connectivity index (χ1v) is 22.8. The number of carboxylic acid groups (broad SMARTS) is 1. The van der Waals surface area contributed by atoms with E-state index in [1.54, 1.807) is 16.7 Å². The average Bonchev–Trinajstić information content (AvgIpc) is 3.21. The molecular formula is C48H60N4O6S2. The Hall–Kier alpha value is -4.78. The molecule has 0 fully saturated rings. The number of fused-ring (bicyclic) bond motifs is 1. The fourth-order valence-corrected chi connectivity index (χ4v) is 9.59. The van der Waals surface area contributed by atoms with E-state index in [4.69, 9.17) is 4.74 Å². The van der Waals surface area contributed by atoms with E-state index in [0.717, 1.165) is 27.8 Å². The molecule has 4 aromatic rings. The van der Waals surface area contributed by atoms with Gasteiger partial charge in [-0.3, -0.25) is 9.59 Å². The van der Waals surface area contributed by atoms with E-state index >= 15 is 4.79 Å². The summed E-state index contributed by atoms with van der Waals surface area (Å²) < 4.78 is 5.10. The molecule has 0 saturated heterocycles. The third-order valence-corrected chi connectivity index (χ3v) is 12.9. The number of rotatable bonds is 17. The van der Waals surface area contributed by atoms with Crippen molar-refractivity contribution in [3.8, 4) is 0 Å². The zero-order chi connectivity index (χ0) is 43.5. The van der Waals surface area contributed by atoms with Crippen LogP contribution in [-0.2, 0) is 36.8 Å². The van der Waals surface area contributed by atoms with E-state index in [0.29, 0.717) is 11.5 Å². The largest absolute Gasteiger partial charge is 0.480 e. The molecule has 1 aliphatic rings. The lowest BCUT2D eigenvalue weighted by Crippen LogP contribution is -2.62. The summed E-state index contributed by atoms with van der Waals surface area (Å²) in [4.78, 5) is 56.3. The van der Waals surface area contributed by atoms with E-state index in [2.05, 4.69) is 52.3 Å². The van der Waals surface area contributed by atoms with Crippen molar-refractivity contribution < 1.29 is 29.0 Å². The molecule has 4 atom stereocenters. The molecule has 1 aliphatic heterocycles. The Morgan fingerprint density at radius 2 is 1.28 bits per heavy atom. The molecule has 320 valence electrons. The molecular weight excluding hydrogens is 793 g/mol. The number of amides is 3. The Labute approximate surface area is 364 Å². The van der Waals surface area contributed by atoms with Crippen molar-refractivity contribution >= 4 is 47.4 Å². The number of alkyl carbamates (subject to hydrolysis) is 1. The van der Waals surface area contributed by atoms with Crippen LogP contribution >= 0.6 is 23.5 Å². The van der Waals surface area contributed by atoms with Crippen LogP contribution in [0.4, 0.5) is 4.79 Å². The summed E-state index contributed by atoms with van der Waals surface area (Å²) in [6, 6.07) is 35.4. The summed E-state index contributed by atoms with van der Waals surface area (Å²) in [6.07, 6.45) is 1.82. The van der Waals surface area contributed by atoms with Gasteiger partial charge in [0.1, 0.15) is 17.7 Å². The number of nitrogens with one attached hydrogen (secondary N) is 3. The molecule has 4 N–H and O–H groups in total. The van der Waals surface area contributed by atoms with Gasteiger partial charge in [-0.05, 0) is 72.4 Å². The number of nitrogens with zero attached hydrogens (tertiary/aromatic N) is 1. The van der Waals surface area contributed by atoms with Crippen LogP contribution in [0.15, 0.2) is 115 Å². The minimum atomic E-state index is -1.11. The third-order valence-electron chi connectivity index (χ3n) is 10.5. The topological polar surface area (TPSA) is 137 Å². The van der Waals surface area contributed by atoms with Gasteiger partial charge in [0.05, 0.1) is 16.8 Å². The number of aliphatic carboxylic acids is 1. The van der Waals surface area contributed by atoms with E-state index in [1.165, 1.54) is 11.8 Å². The standard InChI is InChI=1S/C48H60N4O6S2/c1-46(2,3)41(43(54)52-31-34-20-18-17-19-33(34)29-40(52)42(53)51-39(44(55)56)27-28-59-7)49-30-38(50-45(57)58-47(4,5)6)32-60-48(35-21-11-8-12-22-35,36-23-13-9-14-24-36)37-25-15-10-16-26-37/h8-26,38-41,49H,27-32H2,1-7H3,(H,50,57)(H,51,53)(H,55,56)/t38?,39-,40+,41+/m0/s1. The highest BCUT2D eigenvalue weighted by Gasteiger charge is 2.43. The van der Waals surface area contributed by atoms with Crippen LogP contribution in [0.5, 0.6) is 0 Å². The quantitative estimate of drug-likeness (QED) is 0.0783. The van der Waals surface area contributed by atoms with E-state index in [-0.39, 0.29) is 31.8 Å². The number of ether oxygens (including phenoxy) is 1. The Kier molecular flexibility index (Phi) is 15.9. The van der Waals surface area contributed by atoms with Crippen LogP contribution in [0, 0.1) is 5.41 Å². The van der Waals surface area contributed by atoms with Crippen molar-refractivity contribution in [1.29, 1.82) is 0 Å². The van der Waals surface area contributed by atoms with Crippen molar-refractivity contribution in [3.05, 3.63) is 143 Å². The third kappa shape index (κ3) is 11.9. The maximum absolute atomic E-state index is 15.0. The molecule has 12 heteroatoms. The molecule has 0 bridgehead atoms. The minimum absolute atomic E-state index is 0.188. The van der Waals surface area contributed by atoms with Crippen LogP contribution in [-0.4, -0.2) is 88.0 Å². The molecule has 3 amide bonds. The van der Waals surface area contributed by atoms with Crippen LogP contribution in [0.2, 0.25) is 0 Å². The van der Waals surface area contributed by atoms with Crippen LogP contribution in [0.3, 0.4) is 0 Å². The second-order valence-corrected chi connectivity index (χ2v) is 19.5. The number of hydrogen-bond donors (Lipinski definition) is 4. The SMILES string of the molecule is CSCC[C@H](NC(=O)[C@H]1Cc2ccccc2CN1C(=O)[C@@H](NCC(CSC(c1ccccc1)(c1ccccc1)c1ccccc1)NC(=O)OC(C)(C)C)C(C)(C)C)C(=O)O. The highest BCUT2D eigenvalue weighted by molar-refractivity contribution is 8.00. The summed E-state index contributed by atoms with van der Waals surface area (Å²) in [6.45, 7) is 11.7. The van der Waals surface area contributed by atoms with Crippen molar-refractivity contribution in [2.75, 3.05) is 24.3 Å². The van der Waals surface area contributed by atoms with Crippen molar-refractivity contribution in [1.82, 2.24) is 20.9 Å². The summed E-state index contributed by atoms with van der Waals surface area (Å²) in [5.74, 6) is -0.922. The first-order chi connectivity index (χ1) is 28.5. The van der Waals surface area contributed by atoms with E-state index < -0.39 is 57.9 Å². The van der Waals surface area contributed by atoms with Gasteiger partial charge < -0.3 is 30.7 Å². The van der Waals surface area contributed by atoms with Crippen LogP contribution in [0.25, 0.3) is 0 Å². The van der Waals surface area contributed by atoms with Gasteiger partial charge in [0.2, 0.25) is 11.8 Å². The lowest BCUT2D eigenvalue weighted by Gasteiger charge is -2.42. The zero-order valence-electron chi connectivity index (χ0n) is 35.8. The van der Waals surface area contributed by atoms with Crippen LogP contribution in [0.1, 0.15) is 75.8 Å². The Morgan fingerprint density at radius 1 is 0.767 bits per heavy atom. The number of carboxylic acids is 1. The van der Waals surface area contributed by atoms with Gasteiger partial charge in [-0.2, -0.15) is 11.8 Å². The highest BCUT2D eigenvalue weighted by atomic mass is 32.2. The minimum Gasteiger partial charge on any atom is -0.480 e. The number of carbonyl (C=O) groups is 4. The lowest BCUT2D eigenvalue weighted by molar-refractivity contribution is -0.147. The van der Waals surface area contributed by atoms with E-state index in [1.807, 2.05) is 127 Å². The molecule has 0 radical (unpaired) electrons. The molecule has 60 heavy (non-hydrogen) atoms. The fraction of sp³-hybridized carbons (Fsp3) is 0.417. The molecule has 0 spiro atoms. The van der Waals surface area contributed by atoms with Gasteiger partial charge in [-0.15, -0.1) is 11.8 Å². The van der Waals surface area contributed by atoms with Gasteiger partial charge in [0, 0.05) is 25.3 Å². The molecule has 10 nitrogen and oxygen atoms in total. The summed E-state index contributed by atoms with van der Waals surface area (Å²) in [7, 11) is 0. The smallest absolute Gasteiger partial charge is 0.407 e. The number of thioether (sulfide) groups is 2. The molecule has 0 aromatic heterocycles. The van der Waals surface area contributed by atoms with Crippen molar-refractivity contribution in [2.45, 2.75) is 95.4 Å². The highest BCUT2D eigenvalue weighted by Crippen LogP contribution is 2.48. The van der Waals surface area contributed by atoms with Crippen LogP contribution < -0.4 is 16.0 Å². The average molecular weight is 853 g/mol. The van der Waals surface area contributed by atoms with Gasteiger partial charge in [0.25, 0.3) is 0 Å². The summed E-state index contributed by atoms with van der Waals surface area (Å²) >= 11 is 3.20. The molecule has 1 unspecified atom stereocenters. The maximum Gasteiger partial charge on any atom is 0.407 e. The van der Waals surface area contributed by atoms with Gasteiger partial charge in [-0.1, -0.05) is 136 Å². The summed E-state index contributed by atoms with van der Waals surface area (Å²) in [5, 5.41) is 19.4. The van der Waals surface area contributed by atoms with Crippen molar-refractivity contribution in [3.63, 3.8) is 0 Å². The number of benzene rings is 4. The number of carbonyl (C=O) groups excluding carboxylic acids is 3. The second-order valence-electron chi connectivity index (χ2n) is 17.3. The number of hydrogen-bond acceptors (Lipinski definition) is 8. The predicted octanol–water partition coefficient (Wildman–Crippen LogP) is 7.89. The Balaban J connectivity index is 1.49. The molecule has 5 rings (SSSR count). The maximum atomic E-state index is 15.0. The molecule has 4 aromatic carbocycles. The Morgan fingerprint density at radius 3 is 1.77 bits per heavy atom. The molecule has 0 aliphatic carbocycles. The Bertz CT molecular complexity index is 1940. The second kappa shape index (κ2) is 20.7. The van der Waals surface area contributed by atoms with Gasteiger partial charge >= 0.3 is 12.1 Å². The normalized spacial score (nSPS) is 15.8. The predicted molar refractivity (Wildman–Crippen MR) is 243 cm³/mol. The van der Waals surface area contributed by atoms with Gasteiger partial charge in [-0.25, -0.2) is 9.59 Å².